The first-order chi connectivity index (χ1) is 9.56. The number of hydrogen-bond acceptors (Lipinski definition) is 3. The van der Waals surface area contributed by atoms with E-state index in [4.69, 9.17) is 15.2 Å². The van der Waals surface area contributed by atoms with Crippen LogP contribution in [0.3, 0.4) is 0 Å². The molecule has 20 heavy (non-hydrogen) atoms. The highest BCUT2D eigenvalue weighted by Gasteiger charge is 2.15. The molecule has 1 unspecified atom stereocenters. The summed E-state index contributed by atoms with van der Waals surface area (Å²) >= 11 is 3.61. The first-order valence-electron chi connectivity index (χ1n) is 6.30. The minimum atomic E-state index is -0.242. The average molecular weight is 336 g/mol. The molecule has 0 spiro atoms. The van der Waals surface area contributed by atoms with E-state index in [1.807, 2.05) is 43.3 Å². The van der Waals surface area contributed by atoms with Crippen LogP contribution in [-0.4, -0.2) is 14.2 Å². The molecule has 106 valence electrons. The van der Waals surface area contributed by atoms with E-state index >= 15 is 0 Å². The average Bonchev–Trinajstić information content (AvgIpc) is 2.48. The smallest absolute Gasteiger partial charge is 0.122 e. The molecule has 0 radical (unpaired) electrons. The van der Waals surface area contributed by atoms with Crippen molar-refractivity contribution in [3.8, 4) is 11.5 Å². The summed E-state index contributed by atoms with van der Waals surface area (Å²) in [5.41, 5.74) is 9.55. The molecule has 0 aromatic heterocycles. The predicted octanol–water partition coefficient (Wildman–Crippen LogP) is 3.82. The van der Waals surface area contributed by atoms with Crippen molar-refractivity contribution in [1.82, 2.24) is 0 Å². The minimum absolute atomic E-state index is 0.242. The third-order valence-electron chi connectivity index (χ3n) is 3.29. The quantitative estimate of drug-likeness (QED) is 0.923. The summed E-state index contributed by atoms with van der Waals surface area (Å²) in [6, 6.07) is 11.5. The highest BCUT2D eigenvalue weighted by molar-refractivity contribution is 9.10. The van der Waals surface area contributed by atoms with Gasteiger partial charge < -0.3 is 15.2 Å². The molecule has 0 aliphatic carbocycles. The van der Waals surface area contributed by atoms with Crippen molar-refractivity contribution in [3.63, 3.8) is 0 Å². The highest BCUT2D eigenvalue weighted by atomic mass is 79.9. The monoisotopic (exact) mass is 335 g/mol. The van der Waals surface area contributed by atoms with Gasteiger partial charge in [-0.2, -0.15) is 0 Å². The number of nitrogens with two attached hydrogens (primary N) is 1. The third kappa shape index (κ3) is 2.97. The summed E-state index contributed by atoms with van der Waals surface area (Å²) in [4.78, 5) is 0. The number of benzene rings is 2. The first-order valence-corrected chi connectivity index (χ1v) is 7.09. The molecular formula is C16H18BrNO2. The van der Waals surface area contributed by atoms with E-state index < -0.39 is 0 Å². The van der Waals surface area contributed by atoms with E-state index in [1.165, 1.54) is 0 Å². The van der Waals surface area contributed by atoms with E-state index in [1.54, 1.807) is 14.2 Å². The molecule has 2 aromatic rings. The Morgan fingerprint density at radius 1 is 1.05 bits per heavy atom. The van der Waals surface area contributed by atoms with E-state index in [-0.39, 0.29) is 6.04 Å². The van der Waals surface area contributed by atoms with Crippen molar-refractivity contribution in [2.24, 2.45) is 5.73 Å². The maximum absolute atomic E-state index is 6.39. The normalized spacial score (nSPS) is 12.1. The molecule has 0 saturated carbocycles. The van der Waals surface area contributed by atoms with Gasteiger partial charge in [0.1, 0.15) is 11.5 Å². The maximum atomic E-state index is 6.39. The number of rotatable bonds is 4. The van der Waals surface area contributed by atoms with Crippen LogP contribution in [0.4, 0.5) is 0 Å². The Morgan fingerprint density at radius 2 is 1.65 bits per heavy atom. The lowest BCUT2D eigenvalue weighted by molar-refractivity contribution is 0.393. The molecule has 3 nitrogen and oxygen atoms in total. The number of methoxy groups -OCH3 is 2. The van der Waals surface area contributed by atoms with Crippen LogP contribution in [0, 0.1) is 6.92 Å². The number of hydrogen-bond donors (Lipinski definition) is 1. The molecule has 0 aliphatic rings. The van der Waals surface area contributed by atoms with Crippen LogP contribution < -0.4 is 15.2 Å². The second-order valence-corrected chi connectivity index (χ2v) is 5.39. The van der Waals surface area contributed by atoms with Gasteiger partial charge in [0.15, 0.2) is 0 Å². The lowest BCUT2D eigenvalue weighted by Crippen LogP contribution is -2.13. The van der Waals surface area contributed by atoms with Crippen LogP contribution in [0.2, 0.25) is 0 Å². The molecule has 2 N–H and O–H groups in total. The van der Waals surface area contributed by atoms with Gasteiger partial charge in [-0.15, -0.1) is 0 Å². The van der Waals surface area contributed by atoms with Gasteiger partial charge in [0, 0.05) is 10.5 Å². The summed E-state index contributed by atoms with van der Waals surface area (Å²) in [6.07, 6.45) is 0. The molecule has 1 atom stereocenters. The zero-order valence-corrected chi connectivity index (χ0v) is 13.4. The summed E-state index contributed by atoms with van der Waals surface area (Å²) in [5, 5.41) is 0. The van der Waals surface area contributed by atoms with E-state index in [0.29, 0.717) is 0 Å². The zero-order chi connectivity index (χ0) is 14.7. The van der Waals surface area contributed by atoms with Gasteiger partial charge in [0.25, 0.3) is 0 Å². The van der Waals surface area contributed by atoms with Crippen LogP contribution in [0.1, 0.15) is 22.7 Å². The van der Waals surface area contributed by atoms with Gasteiger partial charge in [-0.05, 0) is 35.7 Å². The van der Waals surface area contributed by atoms with Gasteiger partial charge in [-0.3, -0.25) is 0 Å². The Balaban J connectivity index is 2.47. The zero-order valence-electron chi connectivity index (χ0n) is 11.8. The van der Waals surface area contributed by atoms with Gasteiger partial charge in [-0.25, -0.2) is 0 Å². The van der Waals surface area contributed by atoms with Gasteiger partial charge in [0.2, 0.25) is 0 Å². The first kappa shape index (κ1) is 14.9. The van der Waals surface area contributed by atoms with E-state index in [9.17, 15) is 0 Å². The van der Waals surface area contributed by atoms with Gasteiger partial charge in [-0.1, -0.05) is 34.1 Å². The molecule has 0 amide bonds. The second-order valence-electron chi connectivity index (χ2n) is 4.60. The highest BCUT2D eigenvalue weighted by Crippen LogP contribution is 2.32. The van der Waals surface area contributed by atoms with E-state index in [0.717, 1.165) is 32.7 Å². The fraction of sp³-hybridized carbons (Fsp3) is 0.250. The SMILES string of the molecule is COc1cc(OC)cc(C(N)c2cccc(C)c2Br)c1. The summed E-state index contributed by atoms with van der Waals surface area (Å²) in [5.74, 6) is 1.47. The number of halogens is 1. The Morgan fingerprint density at radius 3 is 2.20 bits per heavy atom. The summed E-state index contributed by atoms with van der Waals surface area (Å²) in [7, 11) is 3.26. The van der Waals surface area contributed by atoms with Crippen molar-refractivity contribution in [3.05, 3.63) is 57.6 Å². The Bertz CT molecular complexity index is 591. The van der Waals surface area contributed by atoms with E-state index in [2.05, 4.69) is 15.9 Å². The Hall–Kier alpha value is -1.52. The van der Waals surface area contributed by atoms with Crippen molar-refractivity contribution in [1.29, 1.82) is 0 Å². The fourth-order valence-corrected chi connectivity index (χ4v) is 2.61. The molecule has 0 bridgehead atoms. The largest absolute Gasteiger partial charge is 0.497 e. The van der Waals surface area contributed by atoms with Gasteiger partial charge >= 0.3 is 0 Å². The molecule has 2 rings (SSSR count). The van der Waals surface area contributed by atoms with Crippen molar-refractivity contribution in [2.75, 3.05) is 14.2 Å². The molecule has 0 fully saturated rings. The Kier molecular flexibility index (Phi) is 4.68. The van der Waals surface area contributed by atoms with Gasteiger partial charge in [0.05, 0.1) is 20.3 Å². The maximum Gasteiger partial charge on any atom is 0.122 e. The summed E-state index contributed by atoms with van der Waals surface area (Å²) in [6.45, 7) is 2.05. The lowest BCUT2D eigenvalue weighted by atomic mass is 9.98. The molecule has 0 saturated heterocycles. The molecule has 2 aromatic carbocycles. The number of ether oxygens (including phenoxy) is 2. The standard InChI is InChI=1S/C16H18BrNO2/c1-10-5-4-6-14(15(10)17)16(18)11-7-12(19-2)9-13(8-11)20-3/h4-9,16H,18H2,1-3H3. The molecular weight excluding hydrogens is 318 g/mol. The molecule has 0 heterocycles. The Labute approximate surface area is 127 Å². The lowest BCUT2D eigenvalue weighted by Gasteiger charge is -2.17. The van der Waals surface area contributed by atoms with Crippen molar-refractivity contribution < 1.29 is 9.47 Å². The molecule has 0 aliphatic heterocycles. The molecule has 4 heteroatoms. The van der Waals surface area contributed by atoms with Crippen LogP contribution in [-0.2, 0) is 0 Å². The van der Waals surface area contributed by atoms with Crippen LogP contribution in [0.25, 0.3) is 0 Å². The topological polar surface area (TPSA) is 44.5 Å². The van der Waals surface area contributed by atoms with Crippen LogP contribution in [0.5, 0.6) is 11.5 Å². The van der Waals surface area contributed by atoms with Crippen molar-refractivity contribution in [2.45, 2.75) is 13.0 Å². The van der Waals surface area contributed by atoms with Crippen LogP contribution >= 0.6 is 15.9 Å². The van der Waals surface area contributed by atoms with Crippen molar-refractivity contribution >= 4 is 15.9 Å². The van der Waals surface area contributed by atoms with Crippen LogP contribution in [0.15, 0.2) is 40.9 Å². The summed E-state index contributed by atoms with van der Waals surface area (Å²) < 4.78 is 11.6. The second kappa shape index (κ2) is 6.29. The predicted molar refractivity (Wildman–Crippen MR) is 84.5 cm³/mol. The fourth-order valence-electron chi connectivity index (χ4n) is 2.10. The number of aryl methyl sites for hydroxylation is 1. The minimum Gasteiger partial charge on any atom is -0.497 e. The third-order valence-corrected chi connectivity index (χ3v) is 4.37.